The molecule has 5 nitrogen and oxygen atoms in total. The number of ether oxygens (including phenoxy) is 1. The molecule has 0 amide bonds. The summed E-state index contributed by atoms with van der Waals surface area (Å²) in [6, 6.07) is 0. The largest absolute Gasteiger partial charge is 0.477 e. The van der Waals surface area contributed by atoms with Gasteiger partial charge in [0.05, 0.1) is 12.3 Å². The van der Waals surface area contributed by atoms with E-state index in [-0.39, 0.29) is 6.61 Å². The molecule has 0 spiro atoms. The summed E-state index contributed by atoms with van der Waals surface area (Å²) in [6.45, 7) is 4.16. The number of aromatic nitrogens is 1. The Kier molecular flexibility index (Phi) is 4.19. The molecule has 1 aliphatic rings. The summed E-state index contributed by atoms with van der Waals surface area (Å²) in [6.07, 6.45) is 2.55. The molecule has 2 rings (SSSR count). The van der Waals surface area contributed by atoms with E-state index in [0.717, 1.165) is 24.1 Å². The zero-order valence-electron chi connectivity index (χ0n) is 10.7. The third-order valence-corrected chi connectivity index (χ3v) is 4.14. The Morgan fingerprint density at radius 2 is 2.33 bits per heavy atom. The number of hydrogen-bond donors (Lipinski definition) is 1. The van der Waals surface area contributed by atoms with Gasteiger partial charge in [-0.25, -0.2) is 9.78 Å². The van der Waals surface area contributed by atoms with Crippen molar-refractivity contribution in [3.05, 3.63) is 10.6 Å². The highest BCUT2D eigenvalue weighted by molar-refractivity contribution is 7.17. The molecule has 1 fully saturated rings. The number of rotatable bonds is 7. The second kappa shape index (κ2) is 5.67. The number of carboxylic acid groups (broad SMARTS) is 1. The van der Waals surface area contributed by atoms with Crippen molar-refractivity contribution in [2.75, 3.05) is 25.1 Å². The van der Waals surface area contributed by atoms with Crippen molar-refractivity contribution in [1.29, 1.82) is 0 Å². The Morgan fingerprint density at radius 3 is 2.83 bits per heavy atom. The van der Waals surface area contributed by atoms with Gasteiger partial charge in [-0.1, -0.05) is 11.3 Å². The van der Waals surface area contributed by atoms with Gasteiger partial charge in [-0.2, -0.15) is 0 Å². The Labute approximate surface area is 110 Å². The lowest BCUT2D eigenvalue weighted by molar-refractivity contribution is 0.0697. The number of aromatic carboxylic acids is 1. The average molecular weight is 270 g/mol. The maximum Gasteiger partial charge on any atom is 0.347 e. The molecule has 18 heavy (non-hydrogen) atoms. The second-order valence-corrected chi connectivity index (χ2v) is 5.47. The van der Waals surface area contributed by atoms with Crippen molar-refractivity contribution < 1.29 is 14.6 Å². The normalized spacial score (nSPS) is 14.8. The van der Waals surface area contributed by atoms with Gasteiger partial charge in [0.25, 0.3) is 0 Å². The number of carboxylic acids is 1. The van der Waals surface area contributed by atoms with E-state index in [1.165, 1.54) is 24.2 Å². The van der Waals surface area contributed by atoms with Crippen LogP contribution in [0.1, 0.15) is 35.1 Å². The molecule has 1 aromatic rings. The molecule has 0 atom stereocenters. The molecular formula is C12H18N2O3S. The first kappa shape index (κ1) is 13.3. The van der Waals surface area contributed by atoms with Crippen LogP contribution in [0, 0.1) is 5.92 Å². The Morgan fingerprint density at radius 1 is 1.61 bits per heavy atom. The summed E-state index contributed by atoms with van der Waals surface area (Å²) in [4.78, 5) is 18.0. The van der Waals surface area contributed by atoms with Crippen LogP contribution in [0.4, 0.5) is 5.13 Å². The molecule has 1 N–H and O–H groups in total. The van der Waals surface area contributed by atoms with Crippen molar-refractivity contribution >= 4 is 22.4 Å². The van der Waals surface area contributed by atoms with E-state index in [1.807, 2.05) is 0 Å². The molecule has 1 saturated carbocycles. The highest BCUT2D eigenvalue weighted by atomic mass is 32.1. The van der Waals surface area contributed by atoms with Crippen LogP contribution in [0.5, 0.6) is 0 Å². The maximum atomic E-state index is 11.2. The van der Waals surface area contributed by atoms with Crippen molar-refractivity contribution in [2.24, 2.45) is 5.92 Å². The molecule has 1 aliphatic carbocycles. The Hall–Kier alpha value is -1.14. The first-order chi connectivity index (χ1) is 8.65. The van der Waals surface area contributed by atoms with E-state index < -0.39 is 5.97 Å². The zero-order valence-corrected chi connectivity index (χ0v) is 11.5. The highest BCUT2D eigenvalue weighted by Gasteiger charge is 2.26. The lowest BCUT2D eigenvalue weighted by atomic mass is 10.4. The third kappa shape index (κ3) is 3.00. The zero-order chi connectivity index (χ0) is 13.1. The quantitative estimate of drug-likeness (QED) is 0.823. The molecule has 0 aliphatic heterocycles. The van der Waals surface area contributed by atoms with E-state index in [2.05, 4.69) is 16.8 Å². The van der Waals surface area contributed by atoms with Gasteiger partial charge in [-0.3, -0.25) is 0 Å². The third-order valence-electron chi connectivity index (χ3n) is 2.99. The van der Waals surface area contributed by atoms with Gasteiger partial charge in [0.1, 0.15) is 4.88 Å². The molecule has 6 heteroatoms. The number of hydrogen-bond acceptors (Lipinski definition) is 5. The predicted octanol–water partition coefficient (Wildman–Crippen LogP) is 2.22. The predicted molar refractivity (Wildman–Crippen MR) is 70.4 cm³/mol. The molecule has 1 aromatic heterocycles. The Balaban J connectivity index is 2.19. The fourth-order valence-corrected chi connectivity index (χ4v) is 2.81. The molecule has 0 radical (unpaired) electrons. The second-order valence-electron chi connectivity index (χ2n) is 4.49. The highest BCUT2D eigenvalue weighted by Crippen LogP contribution is 2.33. The van der Waals surface area contributed by atoms with Crippen LogP contribution in [-0.4, -0.2) is 36.3 Å². The van der Waals surface area contributed by atoms with Gasteiger partial charge in [-0.05, 0) is 25.7 Å². The minimum atomic E-state index is -0.923. The summed E-state index contributed by atoms with van der Waals surface area (Å²) >= 11 is 1.25. The van der Waals surface area contributed by atoms with Crippen LogP contribution in [0.3, 0.4) is 0 Å². The fraction of sp³-hybridized carbons (Fsp3) is 0.667. The molecule has 0 aromatic carbocycles. The summed E-state index contributed by atoms with van der Waals surface area (Å²) in [5.41, 5.74) is 0.527. The fourth-order valence-electron chi connectivity index (χ4n) is 1.83. The van der Waals surface area contributed by atoms with Gasteiger partial charge in [0.15, 0.2) is 5.13 Å². The van der Waals surface area contributed by atoms with Crippen LogP contribution in [0.15, 0.2) is 0 Å². The smallest absolute Gasteiger partial charge is 0.347 e. The maximum absolute atomic E-state index is 11.2. The summed E-state index contributed by atoms with van der Waals surface area (Å²) in [5.74, 6) is -0.165. The lowest BCUT2D eigenvalue weighted by Crippen LogP contribution is -2.25. The average Bonchev–Trinajstić information content (AvgIpc) is 3.06. The first-order valence-electron chi connectivity index (χ1n) is 6.12. The molecule has 0 bridgehead atoms. The lowest BCUT2D eigenvalue weighted by Gasteiger charge is -2.19. The Bertz CT molecular complexity index is 429. The van der Waals surface area contributed by atoms with E-state index in [0.29, 0.717) is 10.6 Å². The van der Waals surface area contributed by atoms with Crippen LogP contribution in [0.2, 0.25) is 0 Å². The molecule has 1 heterocycles. The molecule has 100 valence electrons. The SMILES string of the molecule is CCN(CC1CC1)c1nc(COC)c(C(=O)O)s1. The number of thiazole rings is 1. The van der Waals surface area contributed by atoms with Crippen molar-refractivity contribution in [3.63, 3.8) is 0 Å². The summed E-state index contributed by atoms with van der Waals surface area (Å²) in [7, 11) is 1.55. The topological polar surface area (TPSA) is 62.7 Å². The molecular weight excluding hydrogens is 252 g/mol. The minimum Gasteiger partial charge on any atom is -0.477 e. The van der Waals surface area contributed by atoms with Crippen LogP contribution < -0.4 is 4.90 Å². The minimum absolute atomic E-state index is 0.249. The van der Waals surface area contributed by atoms with Gasteiger partial charge >= 0.3 is 5.97 Å². The standard InChI is InChI=1S/C12H18N2O3S/c1-3-14(6-8-4-5-8)12-13-9(7-17-2)10(18-12)11(15)16/h8H,3-7H2,1-2H3,(H,15,16). The van der Waals surface area contributed by atoms with Gasteiger partial charge < -0.3 is 14.7 Å². The number of methoxy groups -OCH3 is 1. The number of nitrogens with zero attached hydrogens (tertiary/aromatic N) is 2. The number of carbonyl (C=O) groups is 1. The van der Waals surface area contributed by atoms with Crippen molar-refractivity contribution in [1.82, 2.24) is 4.98 Å². The van der Waals surface area contributed by atoms with Gasteiger partial charge in [0, 0.05) is 20.2 Å². The van der Waals surface area contributed by atoms with Gasteiger partial charge in [-0.15, -0.1) is 0 Å². The van der Waals surface area contributed by atoms with Crippen LogP contribution >= 0.6 is 11.3 Å². The molecule has 0 unspecified atom stereocenters. The van der Waals surface area contributed by atoms with Crippen LogP contribution in [-0.2, 0) is 11.3 Å². The van der Waals surface area contributed by atoms with E-state index in [9.17, 15) is 4.79 Å². The molecule has 0 saturated heterocycles. The van der Waals surface area contributed by atoms with Gasteiger partial charge in [0.2, 0.25) is 0 Å². The van der Waals surface area contributed by atoms with Crippen molar-refractivity contribution in [2.45, 2.75) is 26.4 Å². The van der Waals surface area contributed by atoms with E-state index >= 15 is 0 Å². The number of anilines is 1. The van der Waals surface area contributed by atoms with Crippen LogP contribution in [0.25, 0.3) is 0 Å². The summed E-state index contributed by atoms with van der Waals surface area (Å²) < 4.78 is 5.00. The van der Waals surface area contributed by atoms with Crippen molar-refractivity contribution in [3.8, 4) is 0 Å². The van der Waals surface area contributed by atoms with E-state index in [1.54, 1.807) is 7.11 Å². The first-order valence-corrected chi connectivity index (χ1v) is 6.94. The monoisotopic (exact) mass is 270 g/mol. The summed E-state index contributed by atoms with van der Waals surface area (Å²) in [5, 5.41) is 9.95. The van der Waals surface area contributed by atoms with E-state index in [4.69, 9.17) is 9.84 Å².